The van der Waals surface area contributed by atoms with Crippen molar-refractivity contribution < 1.29 is 32.0 Å². The highest BCUT2D eigenvalue weighted by Crippen LogP contribution is 2.31. The van der Waals surface area contributed by atoms with E-state index in [1.54, 1.807) is 18.4 Å². The zero-order chi connectivity index (χ0) is 23.0. The summed E-state index contributed by atoms with van der Waals surface area (Å²) in [4.78, 5) is 6.16. The number of hydrogen-bond acceptors (Lipinski definition) is 7. The molecule has 3 aromatic rings. The van der Waals surface area contributed by atoms with Crippen LogP contribution in [0.4, 0.5) is 13.2 Å². The summed E-state index contributed by atoms with van der Waals surface area (Å²) in [7, 11) is 0. The molecule has 32 heavy (non-hydrogen) atoms. The number of ether oxygens (including phenoxy) is 1. The summed E-state index contributed by atoms with van der Waals surface area (Å²) in [5.74, 6) is 1.08. The fraction of sp³-hybridized carbons (Fsp3) is 0.364. The lowest BCUT2D eigenvalue weighted by Crippen LogP contribution is -2.36. The lowest BCUT2D eigenvalue weighted by Gasteiger charge is -2.23. The van der Waals surface area contributed by atoms with E-state index in [-0.39, 0.29) is 23.9 Å². The Balaban J connectivity index is 1.63. The standard InChI is InChI=1S/C22H24F3N3O4/c1-2-10-30-15-18(29)13-28(14-19-7-4-11-31-19)9-8-20-26-21(27-32-20)16-5-3-6-17(12-16)22(23,24)25/h2-7,11-12,18,29H,1,8-10,13-15H2/t18-/m0/s1. The van der Waals surface area contributed by atoms with Crippen LogP contribution in [-0.4, -0.2) is 52.6 Å². The summed E-state index contributed by atoms with van der Waals surface area (Å²) in [6.45, 7) is 5.26. The van der Waals surface area contributed by atoms with Crippen LogP contribution >= 0.6 is 0 Å². The van der Waals surface area contributed by atoms with E-state index in [0.717, 1.165) is 17.9 Å². The summed E-state index contributed by atoms with van der Waals surface area (Å²) < 4.78 is 54.7. The van der Waals surface area contributed by atoms with Gasteiger partial charge in [0.1, 0.15) is 5.76 Å². The Morgan fingerprint density at radius 2 is 2.09 bits per heavy atom. The minimum Gasteiger partial charge on any atom is -0.468 e. The number of halogens is 3. The number of aliphatic hydroxyl groups is 1. The van der Waals surface area contributed by atoms with Gasteiger partial charge in [0.25, 0.3) is 0 Å². The number of alkyl halides is 3. The average molecular weight is 451 g/mol. The number of rotatable bonds is 12. The van der Waals surface area contributed by atoms with Gasteiger partial charge in [-0.15, -0.1) is 6.58 Å². The van der Waals surface area contributed by atoms with Gasteiger partial charge >= 0.3 is 6.18 Å². The van der Waals surface area contributed by atoms with Gasteiger partial charge in [0.15, 0.2) is 0 Å². The highest BCUT2D eigenvalue weighted by molar-refractivity contribution is 5.55. The van der Waals surface area contributed by atoms with Crippen molar-refractivity contribution in [1.29, 1.82) is 0 Å². The normalized spacial score (nSPS) is 12.9. The van der Waals surface area contributed by atoms with Crippen LogP contribution in [0.2, 0.25) is 0 Å². The highest BCUT2D eigenvalue weighted by Gasteiger charge is 2.30. The molecular weight excluding hydrogens is 427 g/mol. The van der Waals surface area contributed by atoms with Crippen molar-refractivity contribution in [3.05, 3.63) is 72.5 Å². The molecule has 1 N–H and O–H groups in total. The lowest BCUT2D eigenvalue weighted by molar-refractivity contribution is -0.137. The Labute approximate surface area is 183 Å². The van der Waals surface area contributed by atoms with Crippen LogP contribution < -0.4 is 0 Å². The van der Waals surface area contributed by atoms with Gasteiger partial charge in [-0.25, -0.2) is 0 Å². The van der Waals surface area contributed by atoms with Crippen molar-refractivity contribution in [1.82, 2.24) is 15.0 Å². The van der Waals surface area contributed by atoms with Crippen LogP contribution in [0.3, 0.4) is 0 Å². The van der Waals surface area contributed by atoms with E-state index < -0.39 is 17.8 Å². The van der Waals surface area contributed by atoms with Crippen LogP contribution in [-0.2, 0) is 23.9 Å². The number of nitrogens with zero attached hydrogens (tertiary/aromatic N) is 3. The van der Waals surface area contributed by atoms with E-state index in [2.05, 4.69) is 16.7 Å². The van der Waals surface area contributed by atoms with Crippen molar-refractivity contribution >= 4 is 0 Å². The Bertz CT molecular complexity index is 973. The number of furan rings is 1. The maximum Gasteiger partial charge on any atom is 0.416 e. The molecule has 2 aromatic heterocycles. The van der Waals surface area contributed by atoms with Crippen LogP contribution in [0.5, 0.6) is 0 Å². The van der Waals surface area contributed by atoms with E-state index in [4.69, 9.17) is 13.7 Å². The number of benzene rings is 1. The molecule has 2 heterocycles. The fourth-order valence-electron chi connectivity index (χ4n) is 3.06. The lowest BCUT2D eigenvalue weighted by atomic mass is 10.1. The topological polar surface area (TPSA) is 84.8 Å². The van der Waals surface area contributed by atoms with Crippen molar-refractivity contribution in [3.8, 4) is 11.4 Å². The molecule has 172 valence electrons. The highest BCUT2D eigenvalue weighted by atomic mass is 19.4. The molecule has 1 aromatic carbocycles. The Morgan fingerprint density at radius 3 is 2.81 bits per heavy atom. The molecule has 10 heteroatoms. The predicted molar refractivity (Wildman–Crippen MR) is 109 cm³/mol. The van der Waals surface area contributed by atoms with Gasteiger partial charge in [-0.3, -0.25) is 4.90 Å². The monoisotopic (exact) mass is 451 g/mol. The third kappa shape index (κ3) is 7.04. The summed E-state index contributed by atoms with van der Waals surface area (Å²) in [6.07, 6.45) is -1.67. The fourth-order valence-corrected chi connectivity index (χ4v) is 3.06. The Hall–Kier alpha value is -2.95. The molecule has 0 aliphatic carbocycles. The molecule has 0 spiro atoms. The average Bonchev–Trinajstić information content (AvgIpc) is 3.44. The molecule has 3 rings (SSSR count). The van der Waals surface area contributed by atoms with E-state index >= 15 is 0 Å². The van der Waals surface area contributed by atoms with E-state index in [1.807, 2.05) is 11.0 Å². The SMILES string of the molecule is C=CCOC[C@@H](O)CN(CCc1nc(-c2cccc(C(F)(F)F)c2)no1)Cc1ccco1. The van der Waals surface area contributed by atoms with Crippen LogP contribution in [0, 0.1) is 0 Å². The molecule has 0 saturated heterocycles. The first kappa shape index (κ1) is 23.7. The van der Waals surface area contributed by atoms with E-state index in [0.29, 0.717) is 32.7 Å². The Kier molecular flexibility index (Phi) is 8.20. The first-order valence-electron chi connectivity index (χ1n) is 9.97. The van der Waals surface area contributed by atoms with E-state index in [1.165, 1.54) is 12.1 Å². The zero-order valence-electron chi connectivity index (χ0n) is 17.3. The number of aliphatic hydroxyl groups excluding tert-OH is 1. The Morgan fingerprint density at radius 1 is 1.25 bits per heavy atom. The third-order valence-electron chi connectivity index (χ3n) is 4.53. The van der Waals surface area contributed by atoms with Crippen molar-refractivity contribution in [2.45, 2.75) is 25.2 Å². The molecule has 0 aliphatic rings. The largest absolute Gasteiger partial charge is 0.468 e. The summed E-state index contributed by atoms with van der Waals surface area (Å²) >= 11 is 0. The molecule has 0 aliphatic heterocycles. The maximum atomic E-state index is 12.9. The van der Waals surface area contributed by atoms with Gasteiger partial charge in [0, 0.05) is 25.1 Å². The number of hydrogen-bond donors (Lipinski definition) is 1. The predicted octanol–water partition coefficient (Wildman–Crippen LogP) is 3.96. The van der Waals surface area contributed by atoms with Crippen LogP contribution in [0.15, 0.2) is 64.3 Å². The summed E-state index contributed by atoms with van der Waals surface area (Å²) in [5, 5.41) is 14.0. The van der Waals surface area contributed by atoms with Crippen molar-refractivity contribution in [3.63, 3.8) is 0 Å². The molecular formula is C22H24F3N3O4. The maximum absolute atomic E-state index is 12.9. The van der Waals surface area contributed by atoms with Gasteiger partial charge in [-0.1, -0.05) is 23.4 Å². The van der Waals surface area contributed by atoms with Crippen molar-refractivity contribution in [2.24, 2.45) is 0 Å². The molecule has 0 fully saturated rings. The van der Waals surface area contributed by atoms with E-state index in [9.17, 15) is 18.3 Å². The molecule has 1 atom stereocenters. The second-order valence-corrected chi connectivity index (χ2v) is 7.13. The van der Waals surface area contributed by atoms with Gasteiger partial charge in [0.2, 0.25) is 11.7 Å². The molecule has 0 radical (unpaired) electrons. The molecule has 0 saturated carbocycles. The first-order valence-corrected chi connectivity index (χ1v) is 9.97. The zero-order valence-corrected chi connectivity index (χ0v) is 17.3. The minimum atomic E-state index is -4.45. The summed E-state index contributed by atoms with van der Waals surface area (Å²) in [6, 6.07) is 8.36. The smallest absolute Gasteiger partial charge is 0.416 e. The van der Waals surface area contributed by atoms with Gasteiger partial charge < -0.3 is 18.8 Å². The second kappa shape index (κ2) is 11.1. The van der Waals surface area contributed by atoms with Crippen LogP contribution in [0.25, 0.3) is 11.4 Å². The van der Waals surface area contributed by atoms with Gasteiger partial charge in [0.05, 0.1) is 37.7 Å². The van der Waals surface area contributed by atoms with Gasteiger partial charge in [-0.2, -0.15) is 18.2 Å². The first-order chi connectivity index (χ1) is 15.3. The summed E-state index contributed by atoms with van der Waals surface area (Å²) in [5.41, 5.74) is -0.560. The van der Waals surface area contributed by atoms with Crippen molar-refractivity contribution in [2.75, 3.05) is 26.3 Å². The quantitative estimate of drug-likeness (QED) is 0.330. The molecule has 0 amide bonds. The molecule has 0 bridgehead atoms. The molecule has 0 unspecified atom stereocenters. The second-order valence-electron chi connectivity index (χ2n) is 7.13. The van der Waals surface area contributed by atoms with Crippen LogP contribution in [0.1, 0.15) is 17.2 Å². The third-order valence-corrected chi connectivity index (χ3v) is 4.53. The number of aromatic nitrogens is 2. The minimum absolute atomic E-state index is 0.0848. The van der Waals surface area contributed by atoms with Gasteiger partial charge in [-0.05, 0) is 24.3 Å². The molecule has 7 nitrogen and oxygen atoms in total.